The zero-order valence-electron chi connectivity index (χ0n) is 14.2. The van der Waals surface area contributed by atoms with Gasteiger partial charge in [0.2, 0.25) is 13.6 Å². The molecule has 2 aromatic carbocycles. The summed E-state index contributed by atoms with van der Waals surface area (Å²) in [6.45, 7) is 0.600. The maximum atomic E-state index is 6.49. The minimum absolute atomic E-state index is 0.0283. The van der Waals surface area contributed by atoms with Gasteiger partial charge in [0, 0.05) is 17.5 Å². The van der Waals surface area contributed by atoms with E-state index in [1.165, 1.54) is 22.3 Å². The molecule has 0 aromatic heterocycles. The molecule has 1 saturated heterocycles. The summed E-state index contributed by atoms with van der Waals surface area (Å²) >= 11 is 0. The fourth-order valence-electron chi connectivity index (χ4n) is 5.30. The smallest absolute Gasteiger partial charge is 0.231 e. The topological polar surface area (TPSA) is 49.4 Å². The van der Waals surface area contributed by atoms with Crippen LogP contribution in [0.2, 0.25) is 0 Å². The third-order valence-electron chi connectivity index (χ3n) is 6.48. The van der Waals surface area contributed by atoms with Crippen LogP contribution in [0.1, 0.15) is 40.5 Å². The first-order valence-electron chi connectivity index (χ1n) is 9.01. The number of hydrogen-bond acceptors (Lipinski definition) is 6. The summed E-state index contributed by atoms with van der Waals surface area (Å²) < 4.78 is 28.9. The minimum atomic E-state index is -0.0283. The lowest BCUT2D eigenvalue weighted by atomic mass is 9.87. The van der Waals surface area contributed by atoms with Gasteiger partial charge in [0.1, 0.15) is 6.23 Å². The second kappa shape index (κ2) is 4.45. The van der Waals surface area contributed by atoms with Crippen LogP contribution >= 0.6 is 0 Å². The summed E-state index contributed by atoms with van der Waals surface area (Å²) in [5.74, 6) is 3.63. The summed E-state index contributed by atoms with van der Waals surface area (Å²) in [6, 6.07) is 8.92. The predicted molar refractivity (Wildman–Crippen MR) is 89.7 cm³/mol. The first kappa shape index (κ1) is 13.7. The summed E-state index contributed by atoms with van der Waals surface area (Å²) in [7, 11) is 2.16. The van der Waals surface area contributed by atoms with Crippen LogP contribution in [-0.2, 0) is 11.2 Å². The van der Waals surface area contributed by atoms with Gasteiger partial charge in [-0.15, -0.1) is 0 Å². The van der Waals surface area contributed by atoms with Crippen molar-refractivity contribution in [3.8, 4) is 23.0 Å². The molecule has 0 spiro atoms. The normalized spacial score (nSPS) is 31.7. The number of benzene rings is 2. The highest BCUT2D eigenvalue weighted by Gasteiger charge is 2.53. The molecule has 4 atom stereocenters. The number of likely N-dealkylation sites (N-methyl/N-ethyl adjacent to an activating group) is 1. The Labute approximate surface area is 150 Å². The number of rotatable bonds is 0. The first-order valence-corrected chi connectivity index (χ1v) is 9.01. The molecule has 4 aliphatic heterocycles. The van der Waals surface area contributed by atoms with Crippen molar-refractivity contribution in [3.63, 3.8) is 0 Å². The lowest BCUT2D eigenvalue weighted by Gasteiger charge is -2.41. The molecule has 6 nitrogen and oxygen atoms in total. The molecular formula is C20H17NO5. The Kier molecular flexibility index (Phi) is 2.35. The Morgan fingerprint density at radius 3 is 2.15 bits per heavy atom. The van der Waals surface area contributed by atoms with Crippen LogP contribution in [0.4, 0.5) is 0 Å². The Bertz CT molecular complexity index is 973. The molecule has 26 heavy (non-hydrogen) atoms. The van der Waals surface area contributed by atoms with E-state index >= 15 is 0 Å². The van der Waals surface area contributed by atoms with Gasteiger partial charge in [0.05, 0.1) is 6.10 Å². The van der Waals surface area contributed by atoms with E-state index < -0.39 is 0 Å². The average Bonchev–Trinajstić information content (AvgIpc) is 3.40. The van der Waals surface area contributed by atoms with E-state index in [4.69, 9.17) is 23.7 Å². The molecule has 1 fully saturated rings. The predicted octanol–water partition coefficient (Wildman–Crippen LogP) is 2.87. The quantitative estimate of drug-likeness (QED) is 0.727. The molecule has 0 N–H and O–H groups in total. The summed E-state index contributed by atoms with van der Waals surface area (Å²) in [6.07, 6.45) is 1.01. The van der Waals surface area contributed by atoms with Gasteiger partial charge in [-0.3, -0.25) is 4.90 Å². The fourth-order valence-corrected chi connectivity index (χ4v) is 5.30. The third-order valence-corrected chi connectivity index (χ3v) is 6.48. The van der Waals surface area contributed by atoms with Crippen molar-refractivity contribution in [2.24, 2.45) is 0 Å². The molecule has 4 unspecified atom stereocenters. The Balaban J connectivity index is 1.41. The van der Waals surface area contributed by atoms with E-state index in [-0.39, 0.29) is 18.2 Å². The molecule has 7 rings (SSSR count). The largest absolute Gasteiger partial charge is 0.454 e. The van der Waals surface area contributed by atoms with E-state index in [0.29, 0.717) is 19.6 Å². The summed E-state index contributed by atoms with van der Waals surface area (Å²) in [5, 5.41) is 0. The molecule has 0 amide bonds. The number of ether oxygens (including phenoxy) is 5. The van der Waals surface area contributed by atoms with Crippen LogP contribution in [-0.4, -0.2) is 31.6 Å². The van der Waals surface area contributed by atoms with Crippen LogP contribution in [0.15, 0.2) is 24.3 Å². The second-order valence-electron chi connectivity index (χ2n) is 7.61. The van der Waals surface area contributed by atoms with Gasteiger partial charge in [-0.05, 0) is 54.4 Å². The molecule has 2 bridgehead atoms. The van der Waals surface area contributed by atoms with Gasteiger partial charge in [-0.25, -0.2) is 0 Å². The standard InChI is InChI=1S/C20H17NO5/c1-21-13-2-9-3-14-15(23-7-22-14)4-10(9)18(13)19-11-5-16-17(25-8-24-16)6-12(11)20(21)26-19/h3-6,13,18-20H,2,7-8H2,1H3. The Hall–Kier alpha value is -2.44. The Morgan fingerprint density at radius 1 is 0.808 bits per heavy atom. The third kappa shape index (κ3) is 1.52. The summed E-state index contributed by atoms with van der Waals surface area (Å²) in [4.78, 5) is 2.36. The van der Waals surface area contributed by atoms with Crippen molar-refractivity contribution >= 4 is 0 Å². The molecular weight excluding hydrogens is 334 g/mol. The molecule has 0 radical (unpaired) electrons. The van der Waals surface area contributed by atoms with Gasteiger partial charge in [0.15, 0.2) is 23.0 Å². The van der Waals surface area contributed by atoms with Crippen molar-refractivity contribution in [1.29, 1.82) is 0 Å². The van der Waals surface area contributed by atoms with Crippen molar-refractivity contribution in [2.75, 3.05) is 20.6 Å². The van der Waals surface area contributed by atoms with E-state index in [2.05, 4.69) is 36.2 Å². The van der Waals surface area contributed by atoms with Gasteiger partial charge in [-0.2, -0.15) is 0 Å². The van der Waals surface area contributed by atoms with E-state index in [9.17, 15) is 0 Å². The van der Waals surface area contributed by atoms with Gasteiger partial charge in [0.25, 0.3) is 0 Å². The highest BCUT2D eigenvalue weighted by Crippen LogP contribution is 2.60. The van der Waals surface area contributed by atoms with Gasteiger partial charge in [-0.1, -0.05) is 0 Å². The Morgan fingerprint density at radius 2 is 1.42 bits per heavy atom. The molecule has 132 valence electrons. The minimum Gasteiger partial charge on any atom is -0.454 e. The lowest BCUT2D eigenvalue weighted by Crippen LogP contribution is -2.43. The molecule has 1 aliphatic carbocycles. The maximum absolute atomic E-state index is 6.49. The SMILES string of the molecule is CN1C2OC(c3cc4c(cc32)OCO4)C2c3cc4c(cc3CC21)OCO4. The van der Waals surface area contributed by atoms with Crippen LogP contribution < -0.4 is 18.9 Å². The maximum Gasteiger partial charge on any atom is 0.231 e. The van der Waals surface area contributed by atoms with E-state index in [0.717, 1.165) is 29.4 Å². The molecule has 0 saturated carbocycles. The van der Waals surface area contributed by atoms with Gasteiger partial charge < -0.3 is 23.7 Å². The zero-order chi connectivity index (χ0) is 17.0. The van der Waals surface area contributed by atoms with E-state index in [1.807, 2.05) is 0 Å². The monoisotopic (exact) mass is 351 g/mol. The zero-order valence-corrected chi connectivity index (χ0v) is 14.2. The summed E-state index contributed by atoms with van der Waals surface area (Å²) in [5.41, 5.74) is 5.09. The highest BCUT2D eigenvalue weighted by atomic mass is 16.7. The van der Waals surface area contributed by atoms with Crippen LogP contribution in [0.25, 0.3) is 0 Å². The molecule has 6 heteroatoms. The molecule has 2 aromatic rings. The van der Waals surface area contributed by atoms with E-state index in [1.54, 1.807) is 0 Å². The van der Waals surface area contributed by atoms with Crippen LogP contribution in [0, 0.1) is 0 Å². The van der Waals surface area contributed by atoms with Crippen LogP contribution in [0.5, 0.6) is 23.0 Å². The van der Waals surface area contributed by atoms with Gasteiger partial charge >= 0.3 is 0 Å². The number of nitrogens with zero attached hydrogens (tertiary/aromatic N) is 1. The van der Waals surface area contributed by atoms with Crippen molar-refractivity contribution in [3.05, 3.63) is 46.5 Å². The van der Waals surface area contributed by atoms with Crippen LogP contribution in [0.3, 0.4) is 0 Å². The average molecular weight is 351 g/mol. The van der Waals surface area contributed by atoms with Crippen molar-refractivity contribution < 1.29 is 23.7 Å². The van der Waals surface area contributed by atoms with Crippen molar-refractivity contribution in [1.82, 2.24) is 4.90 Å². The first-order chi connectivity index (χ1) is 12.8. The number of fused-ring (bicyclic) bond motifs is 11. The highest BCUT2D eigenvalue weighted by molar-refractivity contribution is 5.57. The number of hydrogen-bond donors (Lipinski definition) is 0. The second-order valence-corrected chi connectivity index (χ2v) is 7.61. The fraction of sp³-hybridized carbons (Fsp3) is 0.400. The van der Waals surface area contributed by atoms with Crippen molar-refractivity contribution in [2.45, 2.75) is 30.7 Å². The molecule has 5 aliphatic rings. The lowest BCUT2D eigenvalue weighted by molar-refractivity contribution is -0.148. The molecule has 4 heterocycles.